The summed E-state index contributed by atoms with van der Waals surface area (Å²) in [5.74, 6) is 0.0631. The summed E-state index contributed by atoms with van der Waals surface area (Å²) in [5, 5.41) is 18.7. The minimum Gasteiger partial charge on any atom is -0.871 e. The van der Waals surface area contributed by atoms with Crippen LogP contribution in [0.5, 0.6) is 5.75 Å². The molecule has 0 bridgehead atoms. The maximum absolute atomic E-state index is 12.1. The van der Waals surface area contributed by atoms with Gasteiger partial charge in [0.25, 0.3) is 0 Å². The summed E-state index contributed by atoms with van der Waals surface area (Å²) < 4.78 is 1.81. The van der Waals surface area contributed by atoms with E-state index in [0.29, 0.717) is 5.56 Å². The third-order valence-electron chi connectivity index (χ3n) is 4.14. The van der Waals surface area contributed by atoms with Gasteiger partial charge in [0.05, 0.1) is 32.4 Å². The molecular weight excluding hydrogens is 528 g/mol. The molecule has 1 aliphatic heterocycles. The second-order valence-electron chi connectivity index (χ2n) is 5.92. The minimum absolute atomic E-state index is 0.0631. The van der Waals surface area contributed by atoms with Gasteiger partial charge in [-0.3, -0.25) is 5.01 Å². The Morgan fingerprint density at radius 1 is 1.12 bits per heavy atom. The van der Waals surface area contributed by atoms with Gasteiger partial charge in [0.2, 0.25) is 0 Å². The molecule has 0 atom stereocenters. The summed E-state index contributed by atoms with van der Waals surface area (Å²) in [4.78, 5) is 1.58. The van der Waals surface area contributed by atoms with Crippen molar-refractivity contribution < 1.29 is 10.0 Å². The van der Waals surface area contributed by atoms with Crippen molar-refractivity contribution in [2.75, 3.05) is 26.2 Å². The average Bonchev–Trinajstić information content (AvgIpc) is 2.59. The highest BCUT2D eigenvalue weighted by Gasteiger charge is 2.18. The van der Waals surface area contributed by atoms with Crippen LogP contribution in [0, 0.1) is 7.14 Å². The van der Waals surface area contributed by atoms with Gasteiger partial charge in [0, 0.05) is 12.7 Å². The fourth-order valence-corrected chi connectivity index (χ4v) is 4.70. The monoisotopic (exact) mass is 547 g/mol. The van der Waals surface area contributed by atoms with Gasteiger partial charge in [-0.25, -0.2) is 0 Å². The van der Waals surface area contributed by atoms with E-state index in [1.807, 2.05) is 12.1 Å². The largest absolute Gasteiger partial charge is 0.871 e. The number of benzene rings is 2. The van der Waals surface area contributed by atoms with E-state index < -0.39 is 0 Å². The molecule has 0 radical (unpaired) electrons. The van der Waals surface area contributed by atoms with Crippen molar-refractivity contribution in [3.05, 3.63) is 60.7 Å². The molecule has 24 heavy (non-hydrogen) atoms. The lowest BCUT2D eigenvalue weighted by Gasteiger charge is -2.30. The Hall–Kier alpha value is -0.870. The zero-order valence-corrected chi connectivity index (χ0v) is 17.5. The van der Waals surface area contributed by atoms with Crippen molar-refractivity contribution in [3.63, 3.8) is 0 Å². The van der Waals surface area contributed by atoms with Gasteiger partial charge in [-0.15, -0.1) is 0 Å². The molecule has 1 fully saturated rings. The molecule has 0 aliphatic carbocycles. The van der Waals surface area contributed by atoms with Gasteiger partial charge in [-0.1, -0.05) is 36.1 Å². The summed E-state index contributed by atoms with van der Waals surface area (Å²) in [6.07, 6.45) is 1.72. The highest BCUT2D eigenvalue weighted by Crippen LogP contribution is 2.23. The smallest absolute Gasteiger partial charge is 0.103 e. The van der Waals surface area contributed by atoms with E-state index in [1.54, 1.807) is 11.1 Å². The van der Waals surface area contributed by atoms with Gasteiger partial charge >= 0.3 is 0 Å². The van der Waals surface area contributed by atoms with Crippen molar-refractivity contribution in [3.8, 4) is 5.75 Å². The van der Waals surface area contributed by atoms with E-state index in [2.05, 4.69) is 85.6 Å². The minimum atomic E-state index is 0.0631. The molecule has 0 saturated carbocycles. The fraction of sp³-hybridized carbons (Fsp3) is 0.278. The normalized spacial score (nSPS) is 16.0. The third kappa shape index (κ3) is 4.82. The predicted molar refractivity (Wildman–Crippen MR) is 111 cm³/mol. The van der Waals surface area contributed by atoms with E-state index in [9.17, 15) is 5.11 Å². The average molecular weight is 547 g/mol. The molecule has 4 nitrogen and oxygen atoms in total. The second-order valence-corrected chi connectivity index (χ2v) is 8.32. The number of hydrogen-bond donors (Lipinski definition) is 1. The Morgan fingerprint density at radius 3 is 2.54 bits per heavy atom. The van der Waals surface area contributed by atoms with Crippen LogP contribution >= 0.6 is 45.2 Å². The molecule has 0 aromatic heterocycles. The van der Waals surface area contributed by atoms with Crippen LogP contribution in [-0.4, -0.2) is 37.4 Å². The Kier molecular flexibility index (Phi) is 6.34. The number of halogens is 2. The molecule has 126 valence electrons. The van der Waals surface area contributed by atoms with Gasteiger partial charge in [-0.2, -0.15) is 5.10 Å². The standard InChI is InChI=1S/C18H19I2N3O/c19-16-10-15(18(24)17(20)11-16)12-21-23-8-6-22(7-9-23)13-14-4-2-1-3-5-14/h1-5,10-12,24H,6-9,13H2/b21-12+. The number of quaternary nitrogens is 1. The van der Waals surface area contributed by atoms with Gasteiger partial charge in [-0.05, 0) is 62.9 Å². The topological polar surface area (TPSA) is 43.1 Å². The van der Waals surface area contributed by atoms with Crippen LogP contribution < -0.4 is 10.0 Å². The summed E-state index contributed by atoms with van der Waals surface area (Å²) in [6, 6.07) is 14.4. The molecule has 0 unspecified atom stereocenters. The molecule has 1 aliphatic rings. The van der Waals surface area contributed by atoms with E-state index >= 15 is 0 Å². The first-order valence-corrected chi connectivity index (χ1v) is 10.1. The maximum atomic E-state index is 12.1. The van der Waals surface area contributed by atoms with Gasteiger partial charge in [0.15, 0.2) is 0 Å². The van der Waals surface area contributed by atoms with Crippen LogP contribution in [0.3, 0.4) is 0 Å². The van der Waals surface area contributed by atoms with Crippen molar-refractivity contribution in [2.24, 2.45) is 5.10 Å². The Balaban J connectivity index is 1.56. The van der Waals surface area contributed by atoms with Gasteiger partial charge in [0.1, 0.15) is 6.54 Å². The van der Waals surface area contributed by atoms with Crippen LogP contribution in [0.15, 0.2) is 47.6 Å². The van der Waals surface area contributed by atoms with E-state index in [-0.39, 0.29) is 5.75 Å². The highest BCUT2D eigenvalue weighted by atomic mass is 127. The zero-order chi connectivity index (χ0) is 16.9. The van der Waals surface area contributed by atoms with Crippen molar-refractivity contribution in [2.45, 2.75) is 6.54 Å². The van der Waals surface area contributed by atoms with Crippen molar-refractivity contribution in [1.29, 1.82) is 0 Å². The second kappa shape index (κ2) is 8.48. The highest BCUT2D eigenvalue weighted by molar-refractivity contribution is 14.1. The zero-order valence-electron chi connectivity index (χ0n) is 13.2. The summed E-state index contributed by atoms with van der Waals surface area (Å²) >= 11 is 4.32. The molecular formula is C18H19I2N3O. The molecule has 3 rings (SSSR count). The number of hydrazone groups is 1. The van der Waals surface area contributed by atoms with Crippen molar-refractivity contribution in [1.82, 2.24) is 5.01 Å². The Morgan fingerprint density at radius 2 is 1.83 bits per heavy atom. The molecule has 1 N–H and O–H groups in total. The summed E-state index contributed by atoms with van der Waals surface area (Å²) in [6.45, 7) is 5.06. The lowest BCUT2D eigenvalue weighted by Crippen LogP contribution is -3.13. The van der Waals surface area contributed by atoms with Crippen LogP contribution in [0.2, 0.25) is 0 Å². The fourth-order valence-electron chi connectivity index (χ4n) is 2.81. The number of nitrogens with one attached hydrogen (secondary N) is 1. The maximum Gasteiger partial charge on any atom is 0.103 e. The summed E-state index contributed by atoms with van der Waals surface area (Å²) in [5.41, 5.74) is 2.05. The Labute approximate surface area is 169 Å². The quantitative estimate of drug-likeness (QED) is 0.469. The SMILES string of the molecule is [O-]c1c(I)cc(I)cc1/C=N/N1CC[NH+](Cc2ccccc2)CC1. The molecule has 1 saturated heterocycles. The first-order valence-electron chi connectivity index (χ1n) is 7.94. The number of hydrogen-bond acceptors (Lipinski definition) is 3. The van der Waals surface area contributed by atoms with Crippen molar-refractivity contribution >= 4 is 51.4 Å². The number of rotatable bonds is 4. The van der Waals surface area contributed by atoms with E-state index in [4.69, 9.17) is 0 Å². The van der Waals surface area contributed by atoms with Crippen LogP contribution in [-0.2, 0) is 6.54 Å². The van der Waals surface area contributed by atoms with Crippen LogP contribution in [0.1, 0.15) is 11.1 Å². The molecule has 2 aromatic rings. The molecule has 0 spiro atoms. The molecule has 1 heterocycles. The lowest BCUT2D eigenvalue weighted by atomic mass is 10.2. The van der Waals surface area contributed by atoms with Crippen LogP contribution in [0.4, 0.5) is 0 Å². The number of piperazine rings is 1. The first-order chi connectivity index (χ1) is 11.6. The molecule has 0 amide bonds. The summed E-state index contributed by atoms with van der Waals surface area (Å²) in [7, 11) is 0. The van der Waals surface area contributed by atoms with Gasteiger partial charge < -0.3 is 10.0 Å². The lowest BCUT2D eigenvalue weighted by molar-refractivity contribution is -0.918. The first kappa shape index (κ1) is 17.9. The number of nitrogens with zero attached hydrogens (tertiary/aromatic N) is 2. The predicted octanol–water partition coefficient (Wildman–Crippen LogP) is 1.70. The third-order valence-corrected chi connectivity index (χ3v) is 5.57. The Bertz CT molecular complexity index is 714. The molecule has 6 heteroatoms. The van der Waals surface area contributed by atoms with E-state index in [0.717, 1.165) is 39.9 Å². The van der Waals surface area contributed by atoms with Crippen LogP contribution in [0.25, 0.3) is 0 Å². The molecule has 2 aromatic carbocycles. The van der Waals surface area contributed by atoms with E-state index in [1.165, 1.54) is 5.56 Å².